The third kappa shape index (κ3) is 3.93. The Morgan fingerprint density at radius 2 is 2.00 bits per heavy atom. The zero-order chi connectivity index (χ0) is 20.5. The molecule has 2 fully saturated rings. The van der Waals surface area contributed by atoms with Gasteiger partial charge in [-0.15, -0.1) is 0 Å². The maximum Gasteiger partial charge on any atom is 0.222 e. The summed E-state index contributed by atoms with van der Waals surface area (Å²) < 4.78 is 6.02. The Hall–Kier alpha value is -1.93. The first kappa shape index (κ1) is 20.8. The maximum atomic E-state index is 12.6. The standard InChI is InChI=1S/C20H32N4O4/c1-13-14(2)22-23-16(13)5-6-17(26)24-10-7-20(8-11-24)18(27)19(4,9-12-28-20)21-15(3)25/h18,27H,5-12H2,1-4H3,(H,21,25)(H,22,23)/t18-,19+/m1/s1. The summed E-state index contributed by atoms with van der Waals surface area (Å²) in [7, 11) is 0. The first-order valence-electron chi connectivity index (χ1n) is 10.1. The number of amides is 2. The van der Waals surface area contributed by atoms with Gasteiger partial charge >= 0.3 is 0 Å². The summed E-state index contributed by atoms with van der Waals surface area (Å²) in [5.74, 6) is -0.0556. The number of aromatic nitrogens is 2. The number of aryl methyl sites for hydroxylation is 2. The molecule has 0 saturated carbocycles. The fraction of sp³-hybridized carbons (Fsp3) is 0.750. The fourth-order valence-corrected chi connectivity index (χ4v) is 4.51. The molecule has 1 aromatic rings. The minimum Gasteiger partial charge on any atom is -0.388 e. The molecule has 8 heteroatoms. The zero-order valence-electron chi connectivity index (χ0n) is 17.3. The number of piperidine rings is 1. The summed E-state index contributed by atoms with van der Waals surface area (Å²) in [6, 6.07) is 0. The highest BCUT2D eigenvalue weighted by molar-refractivity contribution is 5.76. The van der Waals surface area contributed by atoms with Crippen molar-refractivity contribution in [2.45, 2.75) is 77.0 Å². The first-order chi connectivity index (χ1) is 13.2. The molecule has 3 N–H and O–H groups in total. The van der Waals surface area contributed by atoms with E-state index < -0.39 is 17.2 Å². The summed E-state index contributed by atoms with van der Waals surface area (Å²) in [4.78, 5) is 26.1. The van der Waals surface area contributed by atoms with Crippen LogP contribution in [0, 0.1) is 13.8 Å². The van der Waals surface area contributed by atoms with E-state index in [9.17, 15) is 14.7 Å². The number of carbonyl (C=O) groups excluding carboxylic acids is 2. The third-order valence-electron chi connectivity index (χ3n) is 6.47. The molecule has 8 nitrogen and oxygen atoms in total. The van der Waals surface area contributed by atoms with Crippen LogP contribution < -0.4 is 5.32 Å². The molecular formula is C20H32N4O4. The van der Waals surface area contributed by atoms with Crippen LogP contribution in [0.5, 0.6) is 0 Å². The van der Waals surface area contributed by atoms with Gasteiger partial charge in [-0.3, -0.25) is 14.7 Å². The second kappa shape index (κ2) is 7.83. The molecule has 0 unspecified atom stereocenters. The highest BCUT2D eigenvalue weighted by atomic mass is 16.5. The zero-order valence-corrected chi connectivity index (χ0v) is 17.3. The first-order valence-corrected chi connectivity index (χ1v) is 10.1. The molecule has 1 aromatic heterocycles. The van der Waals surface area contributed by atoms with E-state index in [4.69, 9.17) is 4.74 Å². The van der Waals surface area contributed by atoms with Crippen LogP contribution in [0.3, 0.4) is 0 Å². The molecule has 2 atom stereocenters. The number of H-pyrrole nitrogens is 1. The number of nitrogens with one attached hydrogen (secondary N) is 2. The van der Waals surface area contributed by atoms with Gasteiger partial charge in [-0.2, -0.15) is 5.10 Å². The SMILES string of the molecule is CC(=O)N[C@@]1(C)CCOC2(CCN(C(=O)CCc3n[nH]c(C)c3C)CC2)[C@@H]1O. The van der Waals surface area contributed by atoms with Crippen molar-refractivity contribution in [1.82, 2.24) is 20.4 Å². The number of likely N-dealkylation sites (tertiary alicyclic amines) is 1. The second-order valence-corrected chi connectivity index (χ2v) is 8.47. The van der Waals surface area contributed by atoms with Crippen molar-refractivity contribution in [1.29, 1.82) is 0 Å². The Morgan fingerprint density at radius 1 is 1.32 bits per heavy atom. The van der Waals surface area contributed by atoms with Crippen molar-refractivity contribution in [2.75, 3.05) is 19.7 Å². The number of aliphatic hydroxyl groups is 1. The van der Waals surface area contributed by atoms with Gasteiger partial charge in [0, 0.05) is 45.2 Å². The molecule has 2 aliphatic rings. The van der Waals surface area contributed by atoms with Crippen LogP contribution in [-0.4, -0.2) is 69.0 Å². The van der Waals surface area contributed by atoms with E-state index in [1.165, 1.54) is 6.92 Å². The largest absolute Gasteiger partial charge is 0.388 e. The van der Waals surface area contributed by atoms with E-state index >= 15 is 0 Å². The Bertz CT molecular complexity index is 739. The Balaban J connectivity index is 1.57. The van der Waals surface area contributed by atoms with E-state index in [0.717, 1.165) is 17.0 Å². The van der Waals surface area contributed by atoms with Gasteiger partial charge < -0.3 is 20.1 Å². The van der Waals surface area contributed by atoms with Gasteiger partial charge in [0.2, 0.25) is 11.8 Å². The molecule has 2 aliphatic heterocycles. The third-order valence-corrected chi connectivity index (χ3v) is 6.47. The number of rotatable bonds is 4. The number of aromatic amines is 1. The highest BCUT2D eigenvalue weighted by Crippen LogP contribution is 2.40. The Labute approximate surface area is 166 Å². The Morgan fingerprint density at radius 3 is 2.57 bits per heavy atom. The summed E-state index contributed by atoms with van der Waals surface area (Å²) in [5, 5.41) is 21.1. The van der Waals surface area contributed by atoms with Gasteiger partial charge in [0.15, 0.2) is 0 Å². The molecule has 0 radical (unpaired) electrons. The average molecular weight is 393 g/mol. The van der Waals surface area contributed by atoms with E-state index in [1.54, 1.807) is 0 Å². The number of nitrogens with zero attached hydrogens (tertiary/aromatic N) is 2. The van der Waals surface area contributed by atoms with Gasteiger partial charge in [-0.05, 0) is 45.6 Å². The normalized spacial score (nSPS) is 27.0. The lowest BCUT2D eigenvalue weighted by Gasteiger charge is -2.53. The molecule has 0 bridgehead atoms. The van der Waals surface area contributed by atoms with Crippen molar-refractivity contribution in [3.63, 3.8) is 0 Å². The summed E-state index contributed by atoms with van der Waals surface area (Å²) in [6.07, 6.45) is 1.94. The maximum absolute atomic E-state index is 12.6. The monoisotopic (exact) mass is 392 g/mol. The highest BCUT2D eigenvalue weighted by Gasteiger charge is 2.53. The van der Waals surface area contributed by atoms with Gasteiger partial charge in [-0.25, -0.2) is 0 Å². The Kier molecular flexibility index (Phi) is 5.82. The number of carbonyl (C=O) groups is 2. The predicted octanol–water partition coefficient (Wildman–Crippen LogP) is 0.996. The minimum absolute atomic E-state index is 0.102. The van der Waals surface area contributed by atoms with Gasteiger partial charge in [0.1, 0.15) is 6.10 Å². The van der Waals surface area contributed by atoms with Crippen LogP contribution in [0.15, 0.2) is 0 Å². The van der Waals surface area contributed by atoms with Crippen molar-refractivity contribution in [2.24, 2.45) is 0 Å². The molecule has 2 saturated heterocycles. The molecule has 1 spiro atoms. The molecule has 3 rings (SSSR count). The van der Waals surface area contributed by atoms with Crippen LogP contribution in [0.4, 0.5) is 0 Å². The summed E-state index contributed by atoms with van der Waals surface area (Å²) >= 11 is 0. The number of ether oxygens (including phenoxy) is 1. The van der Waals surface area contributed by atoms with E-state index in [1.807, 2.05) is 25.7 Å². The van der Waals surface area contributed by atoms with Crippen molar-refractivity contribution in [3.8, 4) is 0 Å². The molecule has 28 heavy (non-hydrogen) atoms. The quantitative estimate of drug-likeness (QED) is 0.708. The van der Waals surface area contributed by atoms with Crippen LogP contribution in [0.1, 0.15) is 56.5 Å². The molecule has 3 heterocycles. The summed E-state index contributed by atoms with van der Waals surface area (Å²) in [6.45, 7) is 8.90. The number of hydrogen-bond donors (Lipinski definition) is 3. The van der Waals surface area contributed by atoms with Gasteiger partial charge in [-0.1, -0.05) is 0 Å². The van der Waals surface area contributed by atoms with Crippen LogP contribution >= 0.6 is 0 Å². The van der Waals surface area contributed by atoms with Crippen LogP contribution in [0.2, 0.25) is 0 Å². The smallest absolute Gasteiger partial charge is 0.222 e. The van der Waals surface area contributed by atoms with Gasteiger partial charge in [0.25, 0.3) is 0 Å². The topological polar surface area (TPSA) is 108 Å². The molecular weight excluding hydrogens is 360 g/mol. The van der Waals surface area contributed by atoms with Crippen molar-refractivity contribution < 1.29 is 19.4 Å². The number of aliphatic hydroxyl groups excluding tert-OH is 1. The second-order valence-electron chi connectivity index (χ2n) is 8.47. The van der Waals surface area contributed by atoms with Gasteiger partial charge in [0.05, 0.1) is 16.8 Å². The average Bonchev–Trinajstić information content (AvgIpc) is 2.96. The predicted molar refractivity (Wildman–Crippen MR) is 104 cm³/mol. The summed E-state index contributed by atoms with van der Waals surface area (Å²) in [5.41, 5.74) is 1.68. The van der Waals surface area contributed by atoms with Crippen molar-refractivity contribution >= 4 is 11.8 Å². The lowest BCUT2D eigenvalue weighted by atomic mass is 9.73. The number of hydrogen-bond acceptors (Lipinski definition) is 5. The fourth-order valence-electron chi connectivity index (χ4n) is 4.51. The van der Waals surface area contributed by atoms with E-state index in [-0.39, 0.29) is 11.8 Å². The lowest BCUT2D eigenvalue weighted by molar-refractivity contribution is -0.207. The lowest BCUT2D eigenvalue weighted by Crippen LogP contribution is -2.69. The molecule has 2 amide bonds. The molecule has 156 valence electrons. The van der Waals surface area contributed by atoms with E-state index in [2.05, 4.69) is 15.5 Å². The van der Waals surface area contributed by atoms with Crippen LogP contribution in [-0.2, 0) is 20.7 Å². The van der Waals surface area contributed by atoms with Crippen LogP contribution in [0.25, 0.3) is 0 Å². The minimum atomic E-state index is -0.801. The molecule has 0 aromatic carbocycles. The van der Waals surface area contributed by atoms with Crippen molar-refractivity contribution in [3.05, 3.63) is 17.0 Å². The molecule has 0 aliphatic carbocycles. The van der Waals surface area contributed by atoms with E-state index in [0.29, 0.717) is 51.8 Å².